The lowest BCUT2D eigenvalue weighted by atomic mass is 10.5. The van der Waals surface area contributed by atoms with Gasteiger partial charge in [-0.15, -0.1) is 9.74 Å². The predicted molar refractivity (Wildman–Crippen MR) is 45.7 cm³/mol. The first kappa shape index (κ1) is 9.15. The van der Waals surface area contributed by atoms with Crippen LogP contribution >= 0.6 is 23.4 Å². The highest BCUT2D eigenvalue weighted by molar-refractivity contribution is 6.68. The van der Waals surface area contributed by atoms with Gasteiger partial charge in [0.05, 0.1) is 11.8 Å². The molecule has 0 aromatic rings. The fraction of sp³-hybridized carbons (Fsp3) is 0.200. The van der Waals surface area contributed by atoms with Gasteiger partial charge >= 0.3 is 6.41 Å². The van der Waals surface area contributed by atoms with Gasteiger partial charge in [-0.2, -0.15) is 0 Å². The lowest BCUT2D eigenvalue weighted by Crippen LogP contribution is -2.36. The quantitative estimate of drug-likeness (QED) is 0.526. The van der Waals surface area contributed by atoms with Crippen LogP contribution in [0.25, 0.3) is 0 Å². The first-order chi connectivity index (χ1) is 5.63. The second-order valence-electron chi connectivity index (χ2n) is 1.97. The molecule has 0 aromatic carbocycles. The average Bonchev–Trinajstić information content (AvgIpc) is 2.01. The van der Waals surface area contributed by atoms with Crippen molar-refractivity contribution in [2.45, 2.75) is 0 Å². The number of carbonyl (C=O) groups excluding carboxylic acids is 1. The molecular formula is C5H5Cl2N4O. The second-order valence-corrected chi connectivity index (χ2v) is 2.68. The van der Waals surface area contributed by atoms with E-state index in [1.807, 2.05) is 0 Å². The molecule has 0 atom stereocenters. The number of hydrazine groups is 1. The van der Waals surface area contributed by atoms with Crippen LogP contribution in [0, 0.1) is 0 Å². The minimum absolute atomic E-state index is 0.181. The molecule has 1 amide bonds. The standard InChI is InChI=1S/C5H5Cl2N4O/c1-10(3-12)5-2-4(6)8-11(7)9-5/h2,9H,1H3. The van der Waals surface area contributed by atoms with E-state index in [9.17, 15) is 4.79 Å². The van der Waals surface area contributed by atoms with Crippen LogP contribution in [0.5, 0.6) is 0 Å². The molecule has 1 aliphatic rings. The molecule has 5 nitrogen and oxygen atoms in total. The van der Waals surface area contributed by atoms with Crippen molar-refractivity contribution in [2.75, 3.05) is 7.05 Å². The van der Waals surface area contributed by atoms with Crippen molar-refractivity contribution in [3.05, 3.63) is 11.9 Å². The molecule has 0 aliphatic carbocycles. The van der Waals surface area contributed by atoms with Crippen LogP contribution in [0.15, 0.2) is 17.0 Å². The van der Waals surface area contributed by atoms with Crippen molar-refractivity contribution in [3.8, 4) is 0 Å². The predicted octanol–water partition coefficient (Wildman–Crippen LogP) is 0.353. The monoisotopic (exact) mass is 207 g/mol. The number of hydrazone groups is 1. The van der Waals surface area contributed by atoms with E-state index in [4.69, 9.17) is 23.4 Å². The van der Waals surface area contributed by atoms with Crippen LogP contribution in [-0.4, -0.2) is 28.2 Å². The molecule has 0 bridgehead atoms. The Labute approximate surface area is 79.3 Å². The van der Waals surface area contributed by atoms with Gasteiger partial charge in [-0.25, -0.2) is 0 Å². The van der Waals surface area contributed by atoms with Crippen LogP contribution in [0.1, 0.15) is 0 Å². The van der Waals surface area contributed by atoms with Crippen LogP contribution < -0.4 is 5.43 Å². The Hall–Kier alpha value is -0.940. The number of hydrogen-bond donors (Lipinski definition) is 1. The topological polar surface area (TPSA) is 47.9 Å². The Bertz CT molecular complexity index is 252. The normalized spacial score (nSPS) is 16.1. The Kier molecular flexibility index (Phi) is 2.78. The average molecular weight is 208 g/mol. The van der Waals surface area contributed by atoms with Gasteiger partial charge in [0.25, 0.3) is 0 Å². The molecule has 12 heavy (non-hydrogen) atoms. The first-order valence-electron chi connectivity index (χ1n) is 2.93. The number of allylic oxidation sites excluding steroid dienone is 1. The van der Waals surface area contributed by atoms with E-state index in [-0.39, 0.29) is 5.17 Å². The lowest BCUT2D eigenvalue weighted by molar-refractivity contribution is 0.338. The van der Waals surface area contributed by atoms with Gasteiger partial charge in [0, 0.05) is 13.1 Å². The van der Waals surface area contributed by atoms with Gasteiger partial charge in [0.1, 0.15) is 5.82 Å². The van der Waals surface area contributed by atoms with E-state index < -0.39 is 0 Å². The summed E-state index contributed by atoms with van der Waals surface area (Å²) in [5.74, 6) is 0.403. The molecule has 7 heteroatoms. The molecule has 0 aromatic heterocycles. The van der Waals surface area contributed by atoms with Gasteiger partial charge in [0.15, 0.2) is 5.17 Å². The number of hydrogen-bond acceptors (Lipinski definition) is 4. The van der Waals surface area contributed by atoms with E-state index in [0.717, 1.165) is 9.54 Å². The second kappa shape index (κ2) is 3.64. The zero-order valence-electron chi connectivity index (χ0n) is 6.08. The molecule has 0 unspecified atom stereocenters. The van der Waals surface area contributed by atoms with Crippen LogP contribution in [0.3, 0.4) is 0 Å². The third-order valence-corrected chi connectivity index (χ3v) is 1.49. The first-order valence-corrected chi connectivity index (χ1v) is 3.65. The summed E-state index contributed by atoms with van der Waals surface area (Å²) < 4.78 is 0.880. The molecule has 1 heterocycles. The summed E-state index contributed by atoms with van der Waals surface area (Å²) >= 11 is 11.0. The molecule has 0 spiro atoms. The number of rotatable bonds is 2. The Morgan fingerprint density at radius 3 is 3.00 bits per heavy atom. The lowest BCUT2D eigenvalue weighted by Gasteiger charge is -2.22. The third-order valence-electron chi connectivity index (χ3n) is 1.14. The molecule has 0 saturated heterocycles. The van der Waals surface area contributed by atoms with Gasteiger partial charge in [-0.1, -0.05) is 11.6 Å². The van der Waals surface area contributed by atoms with Gasteiger partial charge in [0.2, 0.25) is 0 Å². The van der Waals surface area contributed by atoms with E-state index in [0.29, 0.717) is 5.82 Å². The van der Waals surface area contributed by atoms with E-state index >= 15 is 0 Å². The van der Waals surface area contributed by atoms with E-state index in [1.165, 1.54) is 13.1 Å². The molecular weight excluding hydrogens is 203 g/mol. The maximum atomic E-state index is 10.2. The summed E-state index contributed by atoms with van der Waals surface area (Å²) in [7, 11) is 1.51. The highest BCUT2D eigenvalue weighted by Crippen LogP contribution is 2.08. The molecule has 1 N–H and O–H groups in total. The summed E-state index contributed by atoms with van der Waals surface area (Å²) in [4.78, 5) is 11.4. The zero-order chi connectivity index (χ0) is 9.14. The molecule has 1 rings (SSSR count). The summed E-state index contributed by atoms with van der Waals surface area (Å²) in [6, 6.07) is 0. The SMILES string of the molecule is CN([C]=O)C1=CC(Cl)=NN(Cl)N1. The van der Waals surface area contributed by atoms with Gasteiger partial charge in [-0.05, 0) is 0 Å². The van der Waals surface area contributed by atoms with Gasteiger partial charge < -0.3 is 0 Å². The van der Waals surface area contributed by atoms with Crippen molar-refractivity contribution < 1.29 is 4.79 Å². The summed E-state index contributed by atoms with van der Waals surface area (Å²) in [5.41, 5.74) is 2.55. The minimum Gasteiger partial charge on any atom is -0.292 e. The van der Waals surface area contributed by atoms with Gasteiger partial charge in [-0.3, -0.25) is 15.1 Å². The van der Waals surface area contributed by atoms with Crippen molar-refractivity contribution in [3.63, 3.8) is 0 Å². The largest absolute Gasteiger partial charge is 0.317 e. The Morgan fingerprint density at radius 2 is 2.50 bits per heavy atom. The molecule has 1 radical (unpaired) electrons. The number of amides is 1. The number of nitrogens with one attached hydrogen (secondary N) is 1. The van der Waals surface area contributed by atoms with Crippen molar-refractivity contribution in [2.24, 2.45) is 5.10 Å². The maximum Gasteiger partial charge on any atom is 0.317 e. The summed E-state index contributed by atoms with van der Waals surface area (Å²) in [6.07, 6.45) is 3.08. The summed E-state index contributed by atoms with van der Waals surface area (Å²) in [6.45, 7) is 0. The molecule has 0 fully saturated rings. The molecule has 1 aliphatic heterocycles. The number of halogens is 2. The Balaban J connectivity index is 2.79. The highest BCUT2D eigenvalue weighted by atomic mass is 35.5. The van der Waals surface area contributed by atoms with Crippen LogP contribution in [-0.2, 0) is 4.79 Å². The fourth-order valence-corrected chi connectivity index (χ4v) is 0.984. The fourth-order valence-electron chi connectivity index (χ4n) is 0.598. The van der Waals surface area contributed by atoms with Crippen LogP contribution in [0.4, 0.5) is 0 Å². The maximum absolute atomic E-state index is 10.2. The van der Waals surface area contributed by atoms with Crippen molar-refractivity contribution in [1.82, 2.24) is 15.0 Å². The van der Waals surface area contributed by atoms with E-state index in [2.05, 4.69) is 10.5 Å². The minimum atomic E-state index is 0.181. The molecule has 0 saturated carbocycles. The number of nitrogens with zero attached hydrogens (tertiary/aromatic N) is 3. The van der Waals surface area contributed by atoms with E-state index in [1.54, 1.807) is 6.41 Å². The van der Waals surface area contributed by atoms with Crippen LogP contribution in [0.2, 0.25) is 0 Å². The molecule has 65 valence electrons. The smallest absolute Gasteiger partial charge is 0.292 e. The highest BCUT2D eigenvalue weighted by Gasteiger charge is 2.12. The van der Waals surface area contributed by atoms with Crippen molar-refractivity contribution >= 4 is 35.0 Å². The third kappa shape index (κ3) is 2.02. The van der Waals surface area contributed by atoms with Crippen molar-refractivity contribution in [1.29, 1.82) is 0 Å². The Morgan fingerprint density at radius 1 is 1.83 bits per heavy atom. The summed E-state index contributed by atoms with van der Waals surface area (Å²) in [5, 5.41) is 3.77. The zero-order valence-corrected chi connectivity index (χ0v) is 7.60.